The van der Waals surface area contributed by atoms with Crippen molar-refractivity contribution in [1.29, 1.82) is 0 Å². The van der Waals surface area contributed by atoms with Crippen molar-refractivity contribution in [1.82, 2.24) is 9.47 Å². The molecule has 1 amide bonds. The van der Waals surface area contributed by atoms with Crippen LogP contribution in [0.5, 0.6) is 11.5 Å². The maximum Gasteiger partial charge on any atom is 0.223 e. The average Bonchev–Trinajstić information content (AvgIpc) is 3.30. The van der Waals surface area contributed by atoms with Crippen LogP contribution in [0, 0.1) is 0 Å². The number of benzene rings is 2. The third-order valence-electron chi connectivity index (χ3n) is 6.46. The summed E-state index contributed by atoms with van der Waals surface area (Å²) in [6.45, 7) is 4.29. The van der Waals surface area contributed by atoms with Crippen LogP contribution in [-0.2, 0) is 11.8 Å². The predicted molar refractivity (Wildman–Crippen MR) is 120 cm³/mol. The average molecular weight is 407 g/mol. The standard InChI is InChI=1S/C25H30N2O3/c1-6-16(2)27-21(12-14-23(27)28)24-18-9-7-8-10-20(18)26(3)25(24)19-15-17(29-4)11-13-22(19)30-5/h7-11,13,15-16,21H,6,12,14H2,1-5H3/t16-,21+/m1/s1. The van der Waals surface area contributed by atoms with Gasteiger partial charge in [-0.1, -0.05) is 25.1 Å². The molecule has 0 N–H and O–H groups in total. The van der Waals surface area contributed by atoms with Gasteiger partial charge in [0.05, 0.1) is 26.0 Å². The molecule has 5 nitrogen and oxygen atoms in total. The first-order valence-corrected chi connectivity index (χ1v) is 10.6. The van der Waals surface area contributed by atoms with E-state index in [1.807, 2.05) is 18.2 Å². The number of ether oxygens (including phenoxy) is 2. The summed E-state index contributed by atoms with van der Waals surface area (Å²) in [5, 5.41) is 1.19. The molecule has 5 heteroatoms. The monoisotopic (exact) mass is 406 g/mol. The fourth-order valence-electron chi connectivity index (χ4n) is 4.82. The van der Waals surface area contributed by atoms with Gasteiger partial charge in [0, 0.05) is 41.5 Å². The van der Waals surface area contributed by atoms with Crippen LogP contribution < -0.4 is 9.47 Å². The van der Waals surface area contributed by atoms with E-state index in [9.17, 15) is 4.79 Å². The highest BCUT2D eigenvalue weighted by Gasteiger charge is 2.38. The molecule has 0 aliphatic carbocycles. The molecule has 158 valence electrons. The molecular weight excluding hydrogens is 376 g/mol. The minimum atomic E-state index is 0.0458. The zero-order chi connectivity index (χ0) is 21.4. The molecule has 0 spiro atoms. The molecular formula is C25H30N2O3. The van der Waals surface area contributed by atoms with Crippen LogP contribution >= 0.6 is 0 Å². The third-order valence-corrected chi connectivity index (χ3v) is 6.46. The highest BCUT2D eigenvalue weighted by molar-refractivity contribution is 5.95. The zero-order valence-electron chi connectivity index (χ0n) is 18.4. The first kappa shape index (κ1) is 20.3. The second kappa shape index (κ2) is 8.05. The zero-order valence-corrected chi connectivity index (χ0v) is 18.4. The number of nitrogens with zero attached hydrogens (tertiary/aromatic N) is 2. The molecule has 1 aromatic heterocycles. The third kappa shape index (κ3) is 3.13. The first-order valence-electron chi connectivity index (χ1n) is 10.6. The molecule has 0 saturated carbocycles. The van der Waals surface area contributed by atoms with Crippen molar-refractivity contribution in [2.24, 2.45) is 7.05 Å². The molecule has 2 atom stereocenters. The summed E-state index contributed by atoms with van der Waals surface area (Å²) < 4.78 is 13.5. The second-order valence-corrected chi connectivity index (χ2v) is 8.02. The van der Waals surface area contributed by atoms with Gasteiger partial charge in [-0.25, -0.2) is 0 Å². The lowest BCUT2D eigenvalue weighted by Gasteiger charge is -2.31. The Morgan fingerprint density at radius 3 is 2.60 bits per heavy atom. The number of carbonyl (C=O) groups is 1. The highest BCUT2D eigenvalue weighted by Crippen LogP contribution is 2.47. The number of likely N-dealkylation sites (tertiary alicyclic amines) is 1. The molecule has 2 aromatic carbocycles. The molecule has 0 unspecified atom stereocenters. The predicted octanol–water partition coefficient (Wildman–Crippen LogP) is 5.32. The van der Waals surface area contributed by atoms with E-state index in [0.29, 0.717) is 6.42 Å². The van der Waals surface area contributed by atoms with E-state index in [1.165, 1.54) is 10.9 Å². The van der Waals surface area contributed by atoms with E-state index in [1.54, 1.807) is 14.2 Å². The number of methoxy groups -OCH3 is 2. The quantitative estimate of drug-likeness (QED) is 0.556. The number of hydrogen-bond acceptors (Lipinski definition) is 3. The number of aryl methyl sites for hydroxylation is 1. The molecule has 4 rings (SSSR count). The Morgan fingerprint density at radius 2 is 1.90 bits per heavy atom. The summed E-state index contributed by atoms with van der Waals surface area (Å²) in [5.74, 6) is 1.82. The van der Waals surface area contributed by atoms with Crippen molar-refractivity contribution in [3.8, 4) is 22.8 Å². The van der Waals surface area contributed by atoms with Crippen molar-refractivity contribution >= 4 is 16.8 Å². The Morgan fingerprint density at radius 1 is 1.13 bits per heavy atom. The lowest BCUT2D eigenvalue weighted by atomic mass is 9.95. The fraction of sp³-hybridized carbons (Fsp3) is 0.400. The van der Waals surface area contributed by atoms with Crippen molar-refractivity contribution in [2.45, 2.75) is 45.2 Å². The van der Waals surface area contributed by atoms with Gasteiger partial charge in [-0.2, -0.15) is 0 Å². The van der Waals surface area contributed by atoms with Crippen LogP contribution in [0.25, 0.3) is 22.2 Å². The number of para-hydroxylation sites is 1. The SMILES string of the molecule is CC[C@@H](C)N1C(=O)CC[C@H]1c1c(-c2cc(OC)ccc2OC)n(C)c2ccccc12. The van der Waals surface area contributed by atoms with Crippen molar-refractivity contribution in [3.05, 3.63) is 48.0 Å². The Hall–Kier alpha value is -2.95. The number of aromatic nitrogens is 1. The number of hydrogen-bond donors (Lipinski definition) is 0. The lowest BCUT2D eigenvalue weighted by molar-refractivity contribution is -0.131. The molecule has 1 aliphatic heterocycles. The van der Waals surface area contributed by atoms with Gasteiger partial charge >= 0.3 is 0 Å². The number of carbonyl (C=O) groups excluding carboxylic acids is 1. The Kier molecular flexibility index (Phi) is 5.46. The van der Waals surface area contributed by atoms with Crippen molar-refractivity contribution < 1.29 is 14.3 Å². The Balaban J connectivity index is 2.03. The van der Waals surface area contributed by atoms with Gasteiger partial charge in [-0.05, 0) is 44.0 Å². The smallest absolute Gasteiger partial charge is 0.223 e. The fourth-order valence-corrected chi connectivity index (χ4v) is 4.82. The molecule has 1 aliphatic rings. The van der Waals surface area contributed by atoms with E-state index in [0.717, 1.165) is 41.1 Å². The van der Waals surface area contributed by atoms with Crippen molar-refractivity contribution in [2.75, 3.05) is 14.2 Å². The van der Waals surface area contributed by atoms with E-state index in [-0.39, 0.29) is 18.0 Å². The van der Waals surface area contributed by atoms with Crippen LogP contribution in [0.1, 0.15) is 44.7 Å². The molecule has 2 heterocycles. The van der Waals surface area contributed by atoms with Gasteiger partial charge < -0.3 is 18.9 Å². The lowest BCUT2D eigenvalue weighted by Crippen LogP contribution is -2.35. The molecule has 1 saturated heterocycles. The topological polar surface area (TPSA) is 43.7 Å². The van der Waals surface area contributed by atoms with Crippen molar-refractivity contribution in [3.63, 3.8) is 0 Å². The van der Waals surface area contributed by atoms with Crippen LogP contribution in [-0.4, -0.2) is 35.6 Å². The van der Waals surface area contributed by atoms with E-state index in [4.69, 9.17) is 9.47 Å². The van der Waals surface area contributed by atoms with Crippen LogP contribution in [0.4, 0.5) is 0 Å². The minimum absolute atomic E-state index is 0.0458. The minimum Gasteiger partial charge on any atom is -0.497 e. The highest BCUT2D eigenvalue weighted by atomic mass is 16.5. The Bertz CT molecular complexity index is 1090. The maximum absolute atomic E-state index is 12.8. The second-order valence-electron chi connectivity index (χ2n) is 8.02. The molecule has 3 aromatic rings. The van der Waals surface area contributed by atoms with Gasteiger partial charge in [0.2, 0.25) is 5.91 Å². The number of fused-ring (bicyclic) bond motifs is 1. The summed E-state index contributed by atoms with van der Waals surface area (Å²) in [5.41, 5.74) is 4.41. The van der Waals surface area contributed by atoms with Gasteiger partial charge in [0.1, 0.15) is 11.5 Å². The summed E-state index contributed by atoms with van der Waals surface area (Å²) >= 11 is 0. The van der Waals surface area contributed by atoms with Gasteiger partial charge in [0.15, 0.2) is 0 Å². The molecule has 0 bridgehead atoms. The summed E-state index contributed by atoms with van der Waals surface area (Å²) in [6.07, 6.45) is 2.36. The van der Waals surface area contributed by atoms with Gasteiger partial charge in [-0.15, -0.1) is 0 Å². The first-order chi connectivity index (χ1) is 14.5. The van der Waals surface area contributed by atoms with Crippen LogP contribution in [0.3, 0.4) is 0 Å². The summed E-state index contributed by atoms with van der Waals surface area (Å²) in [4.78, 5) is 14.9. The van der Waals surface area contributed by atoms with E-state index >= 15 is 0 Å². The normalized spacial score (nSPS) is 17.6. The number of rotatable bonds is 6. The Labute approximate surface area is 178 Å². The maximum atomic E-state index is 12.8. The van der Waals surface area contributed by atoms with Crippen LogP contribution in [0.2, 0.25) is 0 Å². The molecule has 30 heavy (non-hydrogen) atoms. The van der Waals surface area contributed by atoms with E-state index < -0.39 is 0 Å². The summed E-state index contributed by atoms with van der Waals surface area (Å²) in [6, 6.07) is 14.6. The van der Waals surface area contributed by atoms with Crippen LogP contribution in [0.15, 0.2) is 42.5 Å². The van der Waals surface area contributed by atoms with Gasteiger partial charge in [0.25, 0.3) is 0 Å². The summed E-state index contributed by atoms with van der Waals surface area (Å²) in [7, 11) is 5.46. The molecule has 0 radical (unpaired) electrons. The molecule has 1 fully saturated rings. The van der Waals surface area contributed by atoms with E-state index in [2.05, 4.69) is 54.6 Å². The largest absolute Gasteiger partial charge is 0.497 e. The number of amides is 1. The van der Waals surface area contributed by atoms with Gasteiger partial charge in [-0.3, -0.25) is 4.79 Å².